The highest BCUT2D eigenvalue weighted by atomic mass is 32.2. The van der Waals surface area contributed by atoms with E-state index < -0.39 is 28.5 Å². The predicted molar refractivity (Wildman–Crippen MR) is 106 cm³/mol. The normalized spacial score (nSPS) is 14.8. The van der Waals surface area contributed by atoms with E-state index in [-0.39, 0.29) is 22.9 Å². The van der Waals surface area contributed by atoms with Gasteiger partial charge in [0.15, 0.2) is 6.61 Å². The Labute approximate surface area is 170 Å². The van der Waals surface area contributed by atoms with E-state index in [0.29, 0.717) is 25.2 Å². The Hall–Kier alpha value is -2.46. The van der Waals surface area contributed by atoms with Crippen LogP contribution in [0.3, 0.4) is 0 Å². The van der Waals surface area contributed by atoms with Gasteiger partial charge in [-0.15, -0.1) is 0 Å². The van der Waals surface area contributed by atoms with Gasteiger partial charge in [0.05, 0.1) is 17.0 Å². The molecule has 1 saturated heterocycles. The first-order valence-electron chi connectivity index (χ1n) is 9.57. The first-order valence-corrected chi connectivity index (χ1v) is 11.0. The van der Waals surface area contributed by atoms with Crippen molar-refractivity contribution in [3.63, 3.8) is 0 Å². The van der Waals surface area contributed by atoms with E-state index in [1.54, 1.807) is 19.9 Å². The molecule has 1 aromatic carbocycles. The highest BCUT2D eigenvalue weighted by Crippen LogP contribution is 2.24. The lowest BCUT2D eigenvalue weighted by Gasteiger charge is -2.26. The molecular formula is C19H27N3O6S. The summed E-state index contributed by atoms with van der Waals surface area (Å²) in [5.74, 6) is -1.79. The molecule has 2 N–H and O–H groups in total. The molecule has 0 unspecified atom stereocenters. The van der Waals surface area contributed by atoms with Gasteiger partial charge in [-0.05, 0) is 44.4 Å². The van der Waals surface area contributed by atoms with E-state index in [1.807, 2.05) is 0 Å². The van der Waals surface area contributed by atoms with Gasteiger partial charge in [0.1, 0.15) is 0 Å². The van der Waals surface area contributed by atoms with Crippen LogP contribution in [0.4, 0.5) is 0 Å². The molecule has 1 fully saturated rings. The van der Waals surface area contributed by atoms with Crippen LogP contribution < -0.4 is 10.6 Å². The molecule has 1 aliphatic heterocycles. The summed E-state index contributed by atoms with van der Waals surface area (Å²) in [6.45, 7) is 4.00. The average Bonchev–Trinajstić information content (AvgIpc) is 2.71. The minimum atomic E-state index is -3.70. The fraction of sp³-hybridized carbons (Fsp3) is 0.526. The van der Waals surface area contributed by atoms with Crippen molar-refractivity contribution in [2.45, 2.75) is 38.0 Å². The number of hydrogen-bond acceptors (Lipinski definition) is 6. The molecule has 29 heavy (non-hydrogen) atoms. The lowest BCUT2D eigenvalue weighted by Crippen LogP contribution is -2.38. The van der Waals surface area contributed by atoms with E-state index in [2.05, 4.69) is 10.6 Å². The smallest absolute Gasteiger partial charge is 0.338 e. The van der Waals surface area contributed by atoms with Gasteiger partial charge in [-0.2, -0.15) is 4.31 Å². The molecule has 0 bridgehead atoms. The molecule has 160 valence electrons. The first kappa shape index (κ1) is 22.8. The Kier molecular flexibility index (Phi) is 8.15. The third kappa shape index (κ3) is 6.26. The molecule has 1 aromatic rings. The topological polar surface area (TPSA) is 122 Å². The van der Waals surface area contributed by atoms with Gasteiger partial charge in [0, 0.05) is 19.6 Å². The number of rotatable bonds is 8. The van der Waals surface area contributed by atoms with E-state index in [4.69, 9.17) is 4.74 Å². The molecule has 1 aliphatic rings. The minimum Gasteiger partial charge on any atom is -0.452 e. The standard InChI is InChI=1S/C19H27N3O6S/c1-3-20-17(23)12-21-18(24)13-28-19(25)15-8-7-14(2)16(11-15)29(26,27)22-9-5-4-6-10-22/h7-8,11H,3-6,9-10,12-13H2,1-2H3,(H,20,23)(H,21,24). The number of sulfonamides is 1. The van der Waals surface area contributed by atoms with Crippen molar-refractivity contribution in [1.29, 1.82) is 0 Å². The molecule has 0 radical (unpaired) electrons. The lowest BCUT2D eigenvalue weighted by molar-refractivity contribution is -0.127. The van der Waals surface area contributed by atoms with Crippen LogP contribution in [0, 0.1) is 6.92 Å². The molecular weight excluding hydrogens is 398 g/mol. The monoisotopic (exact) mass is 425 g/mol. The maximum Gasteiger partial charge on any atom is 0.338 e. The quantitative estimate of drug-likeness (QED) is 0.588. The number of piperidine rings is 1. The van der Waals surface area contributed by atoms with Gasteiger partial charge >= 0.3 is 5.97 Å². The zero-order valence-corrected chi connectivity index (χ0v) is 17.5. The highest BCUT2D eigenvalue weighted by Gasteiger charge is 2.28. The van der Waals surface area contributed by atoms with Gasteiger partial charge in [0.25, 0.3) is 5.91 Å². The van der Waals surface area contributed by atoms with Crippen molar-refractivity contribution < 1.29 is 27.5 Å². The Morgan fingerprint density at radius 3 is 2.41 bits per heavy atom. The number of aryl methyl sites for hydroxylation is 1. The van der Waals surface area contributed by atoms with Crippen LogP contribution in [-0.4, -0.2) is 63.3 Å². The largest absolute Gasteiger partial charge is 0.452 e. The number of nitrogens with zero attached hydrogens (tertiary/aromatic N) is 1. The summed E-state index contributed by atoms with van der Waals surface area (Å²) >= 11 is 0. The third-order valence-corrected chi connectivity index (χ3v) is 6.55. The molecule has 2 rings (SSSR count). The second kappa shape index (κ2) is 10.4. The minimum absolute atomic E-state index is 0.0442. The van der Waals surface area contributed by atoms with Crippen LogP contribution in [0.2, 0.25) is 0 Å². The number of nitrogens with one attached hydrogen (secondary N) is 2. The van der Waals surface area contributed by atoms with Crippen LogP contribution in [0.25, 0.3) is 0 Å². The number of esters is 1. The van der Waals surface area contributed by atoms with Crippen molar-refractivity contribution in [3.05, 3.63) is 29.3 Å². The molecule has 0 atom stereocenters. The van der Waals surface area contributed by atoms with Gasteiger partial charge in [-0.1, -0.05) is 12.5 Å². The maximum atomic E-state index is 12.9. The highest BCUT2D eigenvalue weighted by molar-refractivity contribution is 7.89. The van der Waals surface area contributed by atoms with Gasteiger partial charge < -0.3 is 15.4 Å². The van der Waals surface area contributed by atoms with Crippen molar-refractivity contribution in [3.8, 4) is 0 Å². The number of hydrogen-bond donors (Lipinski definition) is 2. The van der Waals surface area contributed by atoms with E-state index in [1.165, 1.54) is 16.4 Å². The second-order valence-corrected chi connectivity index (χ2v) is 8.66. The first-order chi connectivity index (χ1) is 13.8. The van der Waals surface area contributed by atoms with Crippen molar-refractivity contribution in [1.82, 2.24) is 14.9 Å². The number of benzene rings is 1. The van der Waals surface area contributed by atoms with Gasteiger partial charge in [-0.3, -0.25) is 9.59 Å². The third-order valence-electron chi connectivity index (χ3n) is 4.51. The lowest BCUT2D eigenvalue weighted by atomic mass is 10.1. The van der Waals surface area contributed by atoms with Crippen LogP contribution in [0.5, 0.6) is 0 Å². The summed E-state index contributed by atoms with van der Waals surface area (Å²) in [6, 6.07) is 4.29. The summed E-state index contributed by atoms with van der Waals surface area (Å²) in [5, 5.41) is 4.85. The zero-order chi connectivity index (χ0) is 21.4. The van der Waals surface area contributed by atoms with Crippen LogP contribution in [0.15, 0.2) is 23.1 Å². The summed E-state index contributed by atoms with van der Waals surface area (Å²) in [5.41, 5.74) is 0.578. The average molecular weight is 426 g/mol. The second-order valence-electron chi connectivity index (χ2n) is 6.75. The molecule has 0 spiro atoms. The zero-order valence-electron chi connectivity index (χ0n) is 16.7. The van der Waals surface area contributed by atoms with Gasteiger partial charge in [-0.25, -0.2) is 13.2 Å². The number of carbonyl (C=O) groups is 3. The Morgan fingerprint density at radius 2 is 1.76 bits per heavy atom. The Balaban J connectivity index is 2.02. The summed E-state index contributed by atoms with van der Waals surface area (Å²) in [6.07, 6.45) is 2.62. The maximum absolute atomic E-state index is 12.9. The van der Waals surface area contributed by atoms with Crippen molar-refractivity contribution in [2.24, 2.45) is 0 Å². The van der Waals surface area contributed by atoms with E-state index in [0.717, 1.165) is 19.3 Å². The molecule has 0 aromatic heterocycles. The fourth-order valence-corrected chi connectivity index (χ4v) is 4.72. The Bertz CT molecular complexity index is 863. The van der Waals surface area contributed by atoms with Crippen molar-refractivity contribution >= 4 is 27.8 Å². The molecule has 2 amide bonds. The molecule has 10 heteroatoms. The summed E-state index contributed by atoms with van der Waals surface area (Å²) in [7, 11) is -3.70. The molecule has 0 aliphatic carbocycles. The molecule has 0 saturated carbocycles. The molecule has 9 nitrogen and oxygen atoms in total. The van der Waals surface area contributed by atoms with Crippen molar-refractivity contribution in [2.75, 3.05) is 32.8 Å². The number of amides is 2. The van der Waals surface area contributed by atoms with E-state index in [9.17, 15) is 22.8 Å². The van der Waals surface area contributed by atoms with Crippen LogP contribution in [0.1, 0.15) is 42.1 Å². The summed E-state index contributed by atoms with van der Waals surface area (Å²) < 4.78 is 32.2. The number of ether oxygens (including phenoxy) is 1. The van der Waals surface area contributed by atoms with E-state index >= 15 is 0 Å². The van der Waals surface area contributed by atoms with Crippen LogP contribution >= 0.6 is 0 Å². The predicted octanol–water partition coefficient (Wildman–Crippen LogP) is 0.579. The number of likely N-dealkylation sites (N-methyl/N-ethyl adjacent to an activating group) is 1. The fourth-order valence-electron chi connectivity index (χ4n) is 2.95. The Morgan fingerprint density at radius 1 is 1.07 bits per heavy atom. The number of carbonyl (C=O) groups excluding carboxylic acids is 3. The van der Waals surface area contributed by atoms with Gasteiger partial charge in [0.2, 0.25) is 15.9 Å². The summed E-state index contributed by atoms with van der Waals surface area (Å²) in [4.78, 5) is 35.3. The SMILES string of the molecule is CCNC(=O)CNC(=O)COC(=O)c1ccc(C)c(S(=O)(=O)N2CCCCC2)c1. The molecule has 1 heterocycles. The van der Waals surface area contributed by atoms with Crippen LogP contribution in [-0.2, 0) is 24.3 Å².